The molecule has 86 valence electrons. The van der Waals surface area contributed by atoms with Gasteiger partial charge in [0.1, 0.15) is 18.2 Å². The maximum absolute atomic E-state index is 11.2. The number of aldehydes is 1. The van der Waals surface area contributed by atoms with Gasteiger partial charge in [-0.3, -0.25) is 4.79 Å². The van der Waals surface area contributed by atoms with E-state index in [1.807, 2.05) is 30.3 Å². The topological polar surface area (TPSA) is 43.4 Å². The summed E-state index contributed by atoms with van der Waals surface area (Å²) in [6.07, 6.45) is 0.690. The fraction of sp³-hybridized carbons (Fsp3) is 0.385. The molecule has 0 unspecified atom stereocenters. The molecule has 1 aromatic rings. The lowest BCUT2D eigenvalue weighted by atomic mass is 10.1. The van der Waals surface area contributed by atoms with Gasteiger partial charge >= 0.3 is 0 Å². The lowest BCUT2D eigenvalue weighted by molar-refractivity contribution is -0.128. The van der Waals surface area contributed by atoms with E-state index in [1.165, 1.54) is 0 Å². The third-order valence-corrected chi connectivity index (χ3v) is 2.28. The van der Waals surface area contributed by atoms with Gasteiger partial charge in [0, 0.05) is 12.8 Å². The zero-order valence-corrected chi connectivity index (χ0v) is 9.39. The third-order valence-electron chi connectivity index (χ3n) is 2.28. The Kier molecular flexibility index (Phi) is 5.43. The Bertz CT molecular complexity index is 332. The summed E-state index contributed by atoms with van der Waals surface area (Å²) in [7, 11) is 0. The fourth-order valence-corrected chi connectivity index (χ4v) is 1.29. The number of hydrogen-bond donors (Lipinski definition) is 0. The first-order valence-corrected chi connectivity index (χ1v) is 5.38. The number of ether oxygens (including phenoxy) is 1. The first-order valence-electron chi connectivity index (χ1n) is 5.38. The van der Waals surface area contributed by atoms with Gasteiger partial charge in [-0.15, -0.1) is 0 Å². The first-order chi connectivity index (χ1) is 7.76. The van der Waals surface area contributed by atoms with Gasteiger partial charge in [-0.25, -0.2) is 0 Å². The predicted octanol–water partition coefficient (Wildman–Crippen LogP) is 2.14. The summed E-state index contributed by atoms with van der Waals surface area (Å²) in [5, 5.41) is 0. The normalized spacial score (nSPS) is 12.1. The maximum atomic E-state index is 11.2. The van der Waals surface area contributed by atoms with Crippen LogP contribution >= 0.6 is 0 Å². The molecule has 0 saturated carbocycles. The van der Waals surface area contributed by atoms with Crippen molar-refractivity contribution in [3.63, 3.8) is 0 Å². The largest absolute Gasteiger partial charge is 0.366 e. The molecule has 0 saturated heterocycles. The molecule has 0 amide bonds. The smallest absolute Gasteiger partial charge is 0.149 e. The van der Waals surface area contributed by atoms with E-state index in [4.69, 9.17) is 4.74 Å². The minimum atomic E-state index is -0.618. The van der Waals surface area contributed by atoms with E-state index < -0.39 is 6.10 Å². The number of carbonyl (C=O) groups is 2. The number of hydrogen-bond acceptors (Lipinski definition) is 3. The van der Waals surface area contributed by atoms with Crippen LogP contribution in [0.5, 0.6) is 0 Å². The lowest BCUT2D eigenvalue weighted by Crippen LogP contribution is -2.18. The molecule has 0 heterocycles. The summed E-state index contributed by atoms with van der Waals surface area (Å²) in [5.41, 5.74) is 0.998. The molecule has 0 bridgehead atoms. The van der Waals surface area contributed by atoms with Crippen molar-refractivity contribution in [2.45, 2.75) is 32.5 Å². The van der Waals surface area contributed by atoms with Crippen molar-refractivity contribution in [1.82, 2.24) is 0 Å². The highest BCUT2D eigenvalue weighted by molar-refractivity contribution is 5.81. The van der Waals surface area contributed by atoms with E-state index in [0.717, 1.165) is 5.56 Å². The van der Waals surface area contributed by atoms with Crippen molar-refractivity contribution in [2.24, 2.45) is 0 Å². The summed E-state index contributed by atoms with van der Waals surface area (Å²) >= 11 is 0. The molecule has 0 radical (unpaired) electrons. The Balaban J connectivity index is 2.40. The maximum Gasteiger partial charge on any atom is 0.149 e. The summed E-state index contributed by atoms with van der Waals surface area (Å²) in [6.45, 7) is 2.14. The molecule has 0 aliphatic carbocycles. The van der Waals surface area contributed by atoms with Crippen LogP contribution in [-0.2, 0) is 20.9 Å². The molecule has 0 aliphatic rings. The van der Waals surface area contributed by atoms with Gasteiger partial charge < -0.3 is 9.53 Å². The second-order valence-electron chi connectivity index (χ2n) is 3.57. The number of carbonyl (C=O) groups excluding carboxylic acids is 2. The molecule has 1 rings (SSSR count). The Morgan fingerprint density at radius 3 is 2.62 bits per heavy atom. The van der Waals surface area contributed by atoms with Crippen LogP contribution in [-0.4, -0.2) is 18.2 Å². The Morgan fingerprint density at radius 2 is 2.06 bits per heavy atom. The monoisotopic (exact) mass is 220 g/mol. The second-order valence-corrected chi connectivity index (χ2v) is 3.57. The predicted molar refractivity (Wildman–Crippen MR) is 61.0 cm³/mol. The van der Waals surface area contributed by atoms with E-state index in [2.05, 4.69) is 0 Å². The van der Waals surface area contributed by atoms with E-state index in [0.29, 0.717) is 19.3 Å². The fourth-order valence-electron chi connectivity index (χ4n) is 1.29. The third kappa shape index (κ3) is 4.36. The number of ketones is 1. The highest BCUT2D eigenvalue weighted by Crippen LogP contribution is 2.05. The zero-order valence-electron chi connectivity index (χ0n) is 9.39. The number of Topliss-reactive ketones (excluding diaryl/α,β-unsaturated/α-hetero) is 1. The summed E-state index contributed by atoms with van der Waals surface area (Å²) in [4.78, 5) is 21.9. The average Bonchev–Trinajstić information content (AvgIpc) is 2.35. The summed E-state index contributed by atoms with van der Waals surface area (Å²) < 4.78 is 5.36. The molecule has 0 spiro atoms. The SMILES string of the molecule is CCC(=O)C[C@@H](C=O)OCc1ccccc1. The molecule has 0 aromatic heterocycles. The molecule has 1 atom stereocenters. The van der Waals surface area contributed by atoms with Crippen LogP contribution in [0.15, 0.2) is 30.3 Å². The van der Waals surface area contributed by atoms with Crippen molar-refractivity contribution in [3.8, 4) is 0 Å². The van der Waals surface area contributed by atoms with Crippen molar-refractivity contribution in [2.75, 3.05) is 0 Å². The highest BCUT2D eigenvalue weighted by atomic mass is 16.5. The van der Waals surface area contributed by atoms with E-state index in [9.17, 15) is 9.59 Å². The average molecular weight is 220 g/mol. The van der Waals surface area contributed by atoms with Crippen LogP contribution in [0.3, 0.4) is 0 Å². The lowest BCUT2D eigenvalue weighted by Gasteiger charge is -2.10. The molecule has 1 aromatic carbocycles. The number of rotatable bonds is 7. The van der Waals surface area contributed by atoms with Gasteiger partial charge in [-0.1, -0.05) is 37.3 Å². The Hall–Kier alpha value is -1.48. The van der Waals surface area contributed by atoms with Crippen LogP contribution in [0.4, 0.5) is 0 Å². The molecule has 0 aliphatic heterocycles. The zero-order chi connectivity index (χ0) is 11.8. The Labute approximate surface area is 95.4 Å². The number of benzene rings is 1. The second kappa shape index (κ2) is 6.90. The van der Waals surface area contributed by atoms with Gasteiger partial charge in [-0.2, -0.15) is 0 Å². The van der Waals surface area contributed by atoms with E-state index in [-0.39, 0.29) is 12.2 Å². The van der Waals surface area contributed by atoms with Gasteiger partial charge in [-0.05, 0) is 5.56 Å². The first kappa shape index (κ1) is 12.6. The van der Waals surface area contributed by atoms with Crippen LogP contribution in [0.2, 0.25) is 0 Å². The molecule has 0 N–H and O–H groups in total. The minimum Gasteiger partial charge on any atom is -0.366 e. The molecule has 16 heavy (non-hydrogen) atoms. The molecular weight excluding hydrogens is 204 g/mol. The van der Waals surface area contributed by atoms with Crippen molar-refractivity contribution in [3.05, 3.63) is 35.9 Å². The van der Waals surface area contributed by atoms with Crippen molar-refractivity contribution in [1.29, 1.82) is 0 Å². The van der Waals surface area contributed by atoms with Crippen molar-refractivity contribution < 1.29 is 14.3 Å². The van der Waals surface area contributed by atoms with Gasteiger partial charge in [0.2, 0.25) is 0 Å². The summed E-state index contributed by atoms with van der Waals surface area (Å²) in [6, 6.07) is 9.58. The molecule has 3 nitrogen and oxygen atoms in total. The Morgan fingerprint density at radius 1 is 1.38 bits per heavy atom. The van der Waals surface area contributed by atoms with Crippen LogP contribution < -0.4 is 0 Å². The van der Waals surface area contributed by atoms with Crippen LogP contribution in [0.1, 0.15) is 25.3 Å². The quantitative estimate of drug-likeness (QED) is 0.661. The van der Waals surface area contributed by atoms with Crippen LogP contribution in [0, 0.1) is 0 Å². The summed E-state index contributed by atoms with van der Waals surface area (Å²) in [5.74, 6) is 0.0464. The van der Waals surface area contributed by atoms with E-state index in [1.54, 1.807) is 6.92 Å². The van der Waals surface area contributed by atoms with Gasteiger partial charge in [0.15, 0.2) is 0 Å². The molecular formula is C13H16O3. The standard InChI is InChI=1S/C13H16O3/c1-2-12(15)8-13(9-14)16-10-11-6-4-3-5-7-11/h3-7,9,13H,2,8,10H2,1H3/t13-/m0/s1. The minimum absolute atomic E-state index is 0.0464. The van der Waals surface area contributed by atoms with Gasteiger partial charge in [0.25, 0.3) is 0 Å². The molecule has 3 heteroatoms. The van der Waals surface area contributed by atoms with Gasteiger partial charge in [0.05, 0.1) is 6.61 Å². The van der Waals surface area contributed by atoms with E-state index >= 15 is 0 Å². The highest BCUT2D eigenvalue weighted by Gasteiger charge is 2.12. The molecule has 0 fully saturated rings. The van der Waals surface area contributed by atoms with Crippen LogP contribution in [0.25, 0.3) is 0 Å². The van der Waals surface area contributed by atoms with Crippen molar-refractivity contribution >= 4 is 12.1 Å².